The summed E-state index contributed by atoms with van der Waals surface area (Å²) in [5.41, 5.74) is 2.32. The zero-order valence-electron chi connectivity index (χ0n) is 16.0. The molecule has 3 rings (SSSR count). The molecular weight excluding hydrogens is 328 g/mol. The Kier molecular flexibility index (Phi) is 5.97. The zero-order chi connectivity index (χ0) is 18.6. The number of carbonyl (C=O) groups is 2. The fourth-order valence-electron chi connectivity index (χ4n) is 4.37. The third-order valence-corrected chi connectivity index (χ3v) is 5.77. The van der Waals surface area contributed by atoms with E-state index in [9.17, 15) is 9.59 Å². The summed E-state index contributed by atoms with van der Waals surface area (Å²) < 4.78 is 5.15. The molecular formula is C21H30N2O3. The van der Waals surface area contributed by atoms with Crippen LogP contribution >= 0.6 is 0 Å². The highest BCUT2D eigenvalue weighted by Crippen LogP contribution is 2.39. The first kappa shape index (κ1) is 18.9. The van der Waals surface area contributed by atoms with Gasteiger partial charge in [0.25, 0.3) is 0 Å². The molecule has 0 radical (unpaired) electrons. The summed E-state index contributed by atoms with van der Waals surface area (Å²) in [5, 5.41) is 0. The molecule has 142 valence electrons. The van der Waals surface area contributed by atoms with Crippen LogP contribution in [0.15, 0.2) is 24.3 Å². The Labute approximate surface area is 156 Å². The molecule has 5 nitrogen and oxygen atoms in total. The topological polar surface area (TPSA) is 49.9 Å². The molecule has 1 atom stereocenters. The van der Waals surface area contributed by atoms with Crippen LogP contribution in [0.3, 0.4) is 0 Å². The molecule has 2 fully saturated rings. The SMILES string of the molecule is COCCN1C[C@]2(CCCN(C(=O)Cc3cccc(C)c3)C2)CCC1=O. The molecule has 0 aliphatic carbocycles. The van der Waals surface area contributed by atoms with Gasteiger partial charge >= 0.3 is 0 Å². The second kappa shape index (κ2) is 8.21. The lowest BCUT2D eigenvalue weighted by molar-refractivity contribution is -0.143. The van der Waals surface area contributed by atoms with Crippen molar-refractivity contribution < 1.29 is 14.3 Å². The van der Waals surface area contributed by atoms with Gasteiger partial charge in [0.05, 0.1) is 13.0 Å². The lowest BCUT2D eigenvalue weighted by Crippen LogP contribution is -2.55. The summed E-state index contributed by atoms with van der Waals surface area (Å²) in [6.07, 6.45) is 4.06. The standard InChI is InChI=1S/C21H30N2O3/c1-17-5-3-6-18(13-17)14-20(25)22-10-4-8-21(15-22)9-7-19(24)23(16-21)11-12-26-2/h3,5-6,13H,4,7-12,14-16H2,1-2H3/t21-/m1/s1. The van der Waals surface area contributed by atoms with Crippen molar-refractivity contribution in [1.29, 1.82) is 0 Å². The summed E-state index contributed by atoms with van der Waals surface area (Å²) in [6, 6.07) is 8.17. The number of methoxy groups -OCH3 is 1. The monoisotopic (exact) mass is 358 g/mol. The van der Waals surface area contributed by atoms with Gasteiger partial charge in [-0.05, 0) is 31.7 Å². The molecule has 2 amide bonds. The maximum absolute atomic E-state index is 12.8. The quantitative estimate of drug-likeness (QED) is 0.812. The lowest BCUT2D eigenvalue weighted by atomic mass is 9.73. The normalized spacial score (nSPS) is 23.5. The summed E-state index contributed by atoms with van der Waals surface area (Å²) in [5.74, 6) is 0.422. The minimum absolute atomic E-state index is 0.0577. The van der Waals surface area contributed by atoms with Crippen molar-refractivity contribution in [3.05, 3.63) is 35.4 Å². The zero-order valence-corrected chi connectivity index (χ0v) is 16.0. The van der Waals surface area contributed by atoms with E-state index in [0.717, 1.165) is 44.5 Å². The highest BCUT2D eigenvalue weighted by molar-refractivity contribution is 5.79. The highest BCUT2D eigenvalue weighted by atomic mass is 16.5. The molecule has 2 aliphatic rings. The van der Waals surface area contributed by atoms with Gasteiger partial charge in [0.15, 0.2) is 0 Å². The number of aryl methyl sites for hydroxylation is 1. The van der Waals surface area contributed by atoms with Gasteiger partial charge in [-0.25, -0.2) is 0 Å². The molecule has 0 bridgehead atoms. The van der Waals surface area contributed by atoms with Crippen LogP contribution in [0.4, 0.5) is 0 Å². The van der Waals surface area contributed by atoms with Crippen molar-refractivity contribution in [3.8, 4) is 0 Å². The van der Waals surface area contributed by atoms with E-state index in [1.165, 1.54) is 5.56 Å². The van der Waals surface area contributed by atoms with Crippen LogP contribution < -0.4 is 0 Å². The first-order valence-corrected chi connectivity index (χ1v) is 9.61. The molecule has 5 heteroatoms. The minimum Gasteiger partial charge on any atom is -0.383 e. The third-order valence-electron chi connectivity index (χ3n) is 5.77. The van der Waals surface area contributed by atoms with E-state index in [1.807, 2.05) is 21.9 Å². The maximum atomic E-state index is 12.8. The van der Waals surface area contributed by atoms with E-state index in [0.29, 0.717) is 26.0 Å². The summed E-state index contributed by atoms with van der Waals surface area (Å²) in [7, 11) is 1.66. The van der Waals surface area contributed by atoms with Gasteiger partial charge in [-0.1, -0.05) is 29.8 Å². The molecule has 2 aliphatic heterocycles. The molecule has 0 unspecified atom stereocenters. The van der Waals surface area contributed by atoms with Gasteiger partial charge in [0.2, 0.25) is 11.8 Å². The Balaban J connectivity index is 1.64. The van der Waals surface area contributed by atoms with E-state index in [1.54, 1.807) is 7.11 Å². The van der Waals surface area contributed by atoms with Crippen LogP contribution in [-0.2, 0) is 20.7 Å². The third kappa shape index (κ3) is 4.44. The van der Waals surface area contributed by atoms with Gasteiger partial charge in [0, 0.05) is 45.1 Å². The van der Waals surface area contributed by atoms with Crippen molar-refractivity contribution >= 4 is 11.8 Å². The summed E-state index contributed by atoms with van der Waals surface area (Å²) in [4.78, 5) is 29.0. The van der Waals surface area contributed by atoms with Crippen LogP contribution in [0.5, 0.6) is 0 Å². The van der Waals surface area contributed by atoms with Gasteiger partial charge in [-0.3, -0.25) is 9.59 Å². The minimum atomic E-state index is 0.0577. The first-order valence-electron chi connectivity index (χ1n) is 9.61. The Morgan fingerprint density at radius 2 is 2.12 bits per heavy atom. The van der Waals surface area contributed by atoms with Crippen molar-refractivity contribution in [3.63, 3.8) is 0 Å². The molecule has 1 aromatic carbocycles. The molecule has 0 aromatic heterocycles. The van der Waals surface area contributed by atoms with Crippen molar-refractivity contribution in [2.24, 2.45) is 5.41 Å². The van der Waals surface area contributed by atoms with Crippen molar-refractivity contribution in [1.82, 2.24) is 9.80 Å². The molecule has 1 aromatic rings. The Hall–Kier alpha value is -1.88. The van der Waals surface area contributed by atoms with E-state index in [-0.39, 0.29) is 17.2 Å². The number of hydrogen-bond acceptors (Lipinski definition) is 3. The molecule has 1 spiro atoms. The van der Waals surface area contributed by atoms with Gasteiger partial charge in [-0.15, -0.1) is 0 Å². The van der Waals surface area contributed by atoms with Crippen molar-refractivity contribution in [2.45, 2.75) is 39.0 Å². The summed E-state index contributed by atoms with van der Waals surface area (Å²) >= 11 is 0. The predicted octanol–water partition coefficient (Wildman–Crippen LogP) is 2.42. The lowest BCUT2D eigenvalue weighted by Gasteiger charge is -2.48. The smallest absolute Gasteiger partial charge is 0.227 e. The number of ether oxygens (including phenoxy) is 1. The highest BCUT2D eigenvalue weighted by Gasteiger charge is 2.42. The number of likely N-dealkylation sites (tertiary alicyclic amines) is 2. The molecule has 0 N–H and O–H groups in total. The summed E-state index contributed by atoms with van der Waals surface area (Å²) in [6.45, 7) is 5.62. The van der Waals surface area contributed by atoms with Gasteiger partial charge in [0.1, 0.15) is 0 Å². The number of nitrogens with zero attached hydrogens (tertiary/aromatic N) is 2. The average Bonchev–Trinajstić information content (AvgIpc) is 2.63. The largest absolute Gasteiger partial charge is 0.383 e. The van der Waals surface area contributed by atoms with Crippen LogP contribution in [0.25, 0.3) is 0 Å². The number of piperidine rings is 2. The van der Waals surface area contributed by atoms with E-state index >= 15 is 0 Å². The van der Waals surface area contributed by atoms with E-state index < -0.39 is 0 Å². The Bertz CT molecular complexity index is 660. The number of rotatable bonds is 5. The van der Waals surface area contributed by atoms with Crippen LogP contribution in [0, 0.1) is 12.3 Å². The number of hydrogen-bond donors (Lipinski definition) is 0. The molecule has 2 heterocycles. The molecule has 2 saturated heterocycles. The fraction of sp³-hybridized carbons (Fsp3) is 0.619. The number of benzene rings is 1. The van der Waals surface area contributed by atoms with Crippen LogP contribution in [0.1, 0.15) is 36.8 Å². The number of carbonyl (C=O) groups excluding carboxylic acids is 2. The first-order chi connectivity index (χ1) is 12.5. The maximum Gasteiger partial charge on any atom is 0.227 e. The second-order valence-corrected chi connectivity index (χ2v) is 7.89. The predicted molar refractivity (Wildman–Crippen MR) is 101 cm³/mol. The average molecular weight is 358 g/mol. The van der Waals surface area contributed by atoms with E-state index in [4.69, 9.17) is 4.74 Å². The fourth-order valence-corrected chi connectivity index (χ4v) is 4.37. The van der Waals surface area contributed by atoms with Crippen LogP contribution in [0.2, 0.25) is 0 Å². The van der Waals surface area contributed by atoms with E-state index in [2.05, 4.69) is 19.1 Å². The van der Waals surface area contributed by atoms with Crippen LogP contribution in [-0.4, -0.2) is 61.5 Å². The van der Waals surface area contributed by atoms with Crippen molar-refractivity contribution in [2.75, 3.05) is 39.9 Å². The Morgan fingerprint density at radius 3 is 2.88 bits per heavy atom. The Morgan fingerprint density at radius 1 is 1.27 bits per heavy atom. The van der Waals surface area contributed by atoms with Gasteiger partial charge < -0.3 is 14.5 Å². The van der Waals surface area contributed by atoms with Gasteiger partial charge in [-0.2, -0.15) is 0 Å². The second-order valence-electron chi connectivity index (χ2n) is 7.89. The number of amides is 2. The molecule has 26 heavy (non-hydrogen) atoms. The molecule has 0 saturated carbocycles.